The molecule has 130 valence electrons. The van der Waals surface area contributed by atoms with Crippen molar-refractivity contribution < 1.29 is 18.0 Å². The van der Waals surface area contributed by atoms with Crippen molar-refractivity contribution in [3.8, 4) is 0 Å². The fourth-order valence-electron chi connectivity index (χ4n) is 2.05. The molecule has 2 rings (SSSR count). The van der Waals surface area contributed by atoms with Gasteiger partial charge in [0.2, 0.25) is 5.82 Å². The summed E-state index contributed by atoms with van der Waals surface area (Å²) in [6, 6.07) is 6.58. The van der Waals surface area contributed by atoms with Gasteiger partial charge in [-0.15, -0.1) is 5.10 Å². The molecule has 2 N–H and O–H groups in total. The Morgan fingerprint density at radius 3 is 2.62 bits per heavy atom. The summed E-state index contributed by atoms with van der Waals surface area (Å²) in [6.45, 7) is 1.64. The van der Waals surface area contributed by atoms with Crippen LogP contribution in [0.4, 0.5) is 23.7 Å². The predicted molar refractivity (Wildman–Crippen MR) is 80.7 cm³/mol. The summed E-state index contributed by atoms with van der Waals surface area (Å²) < 4.78 is 39.0. The van der Waals surface area contributed by atoms with Gasteiger partial charge in [-0.25, -0.2) is 14.3 Å². The van der Waals surface area contributed by atoms with Crippen LogP contribution in [0.25, 0.3) is 0 Å². The van der Waals surface area contributed by atoms with E-state index in [0.29, 0.717) is 14.9 Å². The Hall–Kier alpha value is -2.78. The third-order valence-corrected chi connectivity index (χ3v) is 3.18. The summed E-state index contributed by atoms with van der Waals surface area (Å²) in [6.07, 6.45) is -4.71. The zero-order valence-corrected chi connectivity index (χ0v) is 13.0. The largest absolute Gasteiger partial charge is 0.451 e. The number of alkyl halides is 3. The molecule has 0 aliphatic rings. The van der Waals surface area contributed by atoms with Crippen molar-refractivity contribution in [1.82, 2.24) is 19.7 Å². The minimum atomic E-state index is -4.71. The van der Waals surface area contributed by atoms with Gasteiger partial charge in [0.1, 0.15) is 0 Å². The topological polar surface area (TPSA) is 81.0 Å². The van der Waals surface area contributed by atoms with Crippen LogP contribution < -0.4 is 16.3 Å². The molecule has 0 radical (unpaired) electrons. The minimum absolute atomic E-state index is 0.0497. The molecule has 2 amide bonds. The van der Waals surface area contributed by atoms with Crippen LogP contribution in [-0.2, 0) is 19.8 Å². The van der Waals surface area contributed by atoms with E-state index < -0.39 is 23.7 Å². The summed E-state index contributed by atoms with van der Waals surface area (Å²) in [5.74, 6) is -1.28. The lowest BCUT2D eigenvalue weighted by atomic mass is 10.2. The van der Waals surface area contributed by atoms with Gasteiger partial charge >= 0.3 is 17.9 Å². The standard InChI is InChI=1S/C14H16F3N5O2/c1-9-4-3-5-10(8-9)19-12(23)18-6-7-22-13(24)21(2)11(20-22)14(15,16)17/h3-5,8H,6-7H2,1-2H3,(H2,18,19,23). The van der Waals surface area contributed by atoms with Crippen molar-refractivity contribution in [2.45, 2.75) is 19.6 Å². The summed E-state index contributed by atoms with van der Waals surface area (Å²) in [5.41, 5.74) is 0.651. The van der Waals surface area contributed by atoms with E-state index in [0.717, 1.165) is 12.6 Å². The second kappa shape index (κ2) is 6.77. The van der Waals surface area contributed by atoms with E-state index in [1.54, 1.807) is 18.2 Å². The van der Waals surface area contributed by atoms with Crippen LogP contribution in [-0.4, -0.2) is 26.9 Å². The normalized spacial score (nSPS) is 11.4. The van der Waals surface area contributed by atoms with E-state index in [2.05, 4.69) is 15.7 Å². The van der Waals surface area contributed by atoms with Gasteiger partial charge in [-0.3, -0.25) is 4.57 Å². The van der Waals surface area contributed by atoms with Crippen LogP contribution in [0.3, 0.4) is 0 Å². The number of carbonyl (C=O) groups is 1. The second-order valence-electron chi connectivity index (χ2n) is 5.14. The van der Waals surface area contributed by atoms with Gasteiger partial charge in [0.15, 0.2) is 0 Å². The molecule has 0 unspecified atom stereocenters. The molecule has 0 bridgehead atoms. The minimum Gasteiger partial charge on any atom is -0.336 e. The fourth-order valence-corrected chi connectivity index (χ4v) is 2.05. The molecule has 2 aromatic rings. The number of nitrogens with one attached hydrogen (secondary N) is 2. The predicted octanol–water partition coefficient (Wildman–Crippen LogP) is 1.73. The van der Waals surface area contributed by atoms with E-state index in [1.165, 1.54) is 0 Å². The van der Waals surface area contributed by atoms with Crippen molar-refractivity contribution in [2.75, 3.05) is 11.9 Å². The Morgan fingerprint density at radius 1 is 1.33 bits per heavy atom. The van der Waals surface area contributed by atoms with Crippen molar-refractivity contribution in [2.24, 2.45) is 7.05 Å². The number of benzene rings is 1. The molecule has 0 aliphatic carbocycles. The van der Waals surface area contributed by atoms with Gasteiger partial charge in [0.25, 0.3) is 0 Å². The summed E-state index contributed by atoms with van der Waals surface area (Å²) in [7, 11) is 0.993. The number of halogens is 3. The molecule has 7 nitrogen and oxygen atoms in total. The van der Waals surface area contributed by atoms with Gasteiger partial charge < -0.3 is 10.6 Å². The van der Waals surface area contributed by atoms with Gasteiger partial charge in [-0.05, 0) is 24.6 Å². The Balaban J connectivity index is 1.93. The zero-order valence-electron chi connectivity index (χ0n) is 13.0. The molecule has 1 heterocycles. The monoisotopic (exact) mass is 343 g/mol. The summed E-state index contributed by atoms with van der Waals surface area (Å²) in [4.78, 5) is 23.4. The Labute approximate surface area is 135 Å². The highest BCUT2D eigenvalue weighted by Gasteiger charge is 2.37. The van der Waals surface area contributed by atoms with Crippen molar-refractivity contribution >= 4 is 11.7 Å². The Kier molecular flexibility index (Phi) is 4.96. The SMILES string of the molecule is Cc1cccc(NC(=O)NCCn2nc(C(F)(F)F)n(C)c2=O)c1. The first-order valence-corrected chi connectivity index (χ1v) is 7.01. The van der Waals surface area contributed by atoms with Crippen LogP contribution in [0.15, 0.2) is 29.1 Å². The summed E-state index contributed by atoms with van der Waals surface area (Å²) >= 11 is 0. The number of aryl methyl sites for hydroxylation is 1. The van der Waals surface area contributed by atoms with Crippen molar-refractivity contribution in [1.29, 1.82) is 0 Å². The Morgan fingerprint density at radius 2 is 2.04 bits per heavy atom. The van der Waals surface area contributed by atoms with Crippen molar-refractivity contribution in [3.05, 3.63) is 46.1 Å². The lowest BCUT2D eigenvalue weighted by Gasteiger charge is -2.07. The third-order valence-electron chi connectivity index (χ3n) is 3.18. The third kappa shape index (κ3) is 4.15. The number of urea groups is 1. The van der Waals surface area contributed by atoms with E-state index in [9.17, 15) is 22.8 Å². The van der Waals surface area contributed by atoms with Crippen LogP contribution in [0.2, 0.25) is 0 Å². The molecular weight excluding hydrogens is 327 g/mol. The maximum absolute atomic E-state index is 12.7. The van der Waals surface area contributed by atoms with E-state index in [4.69, 9.17) is 0 Å². The molecule has 0 spiro atoms. The summed E-state index contributed by atoms with van der Waals surface area (Å²) in [5, 5.41) is 8.28. The first kappa shape index (κ1) is 17.6. The average molecular weight is 343 g/mol. The van der Waals surface area contributed by atoms with Crippen LogP contribution in [0.1, 0.15) is 11.4 Å². The molecule has 1 aromatic carbocycles. The van der Waals surface area contributed by atoms with Gasteiger partial charge in [-0.1, -0.05) is 12.1 Å². The fraction of sp³-hybridized carbons (Fsp3) is 0.357. The number of hydrogen-bond donors (Lipinski definition) is 2. The van der Waals surface area contributed by atoms with E-state index in [-0.39, 0.29) is 13.1 Å². The highest BCUT2D eigenvalue weighted by atomic mass is 19.4. The first-order valence-electron chi connectivity index (χ1n) is 7.01. The number of amides is 2. The molecule has 10 heteroatoms. The quantitative estimate of drug-likeness (QED) is 0.887. The van der Waals surface area contributed by atoms with Crippen LogP contribution in [0, 0.1) is 6.92 Å². The molecule has 0 aliphatic heterocycles. The van der Waals surface area contributed by atoms with Gasteiger partial charge in [0.05, 0.1) is 6.54 Å². The molecule has 1 aromatic heterocycles. The molecule has 0 atom stereocenters. The molecular formula is C14H16F3N5O2. The van der Waals surface area contributed by atoms with E-state index in [1.807, 2.05) is 13.0 Å². The maximum Gasteiger partial charge on any atom is 0.451 e. The first-order chi connectivity index (χ1) is 11.2. The number of aromatic nitrogens is 3. The lowest BCUT2D eigenvalue weighted by molar-refractivity contribution is -0.147. The number of hydrogen-bond acceptors (Lipinski definition) is 3. The molecule has 24 heavy (non-hydrogen) atoms. The Bertz CT molecular complexity index is 794. The van der Waals surface area contributed by atoms with Crippen molar-refractivity contribution in [3.63, 3.8) is 0 Å². The molecule has 0 saturated heterocycles. The molecule has 0 saturated carbocycles. The number of anilines is 1. The maximum atomic E-state index is 12.7. The smallest absolute Gasteiger partial charge is 0.336 e. The highest BCUT2D eigenvalue weighted by molar-refractivity contribution is 5.89. The molecule has 0 fully saturated rings. The average Bonchev–Trinajstić information content (AvgIpc) is 2.75. The number of nitrogens with zero attached hydrogens (tertiary/aromatic N) is 3. The van der Waals surface area contributed by atoms with Crippen LogP contribution >= 0.6 is 0 Å². The number of rotatable bonds is 4. The second-order valence-corrected chi connectivity index (χ2v) is 5.14. The van der Waals surface area contributed by atoms with Crippen LogP contribution in [0.5, 0.6) is 0 Å². The highest BCUT2D eigenvalue weighted by Crippen LogP contribution is 2.25. The zero-order chi connectivity index (χ0) is 17.9. The lowest BCUT2D eigenvalue weighted by Crippen LogP contribution is -2.34. The van der Waals surface area contributed by atoms with Gasteiger partial charge in [-0.2, -0.15) is 13.2 Å². The van der Waals surface area contributed by atoms with E-state index >= 15 is 0 Å². The number of carbonyl (C=O) groups excluding carboxylic acids is 1. The van der Waals surface area contributed by atoms with Gasteiger partial charge in [0, 0.05) is 19.3 Å².